The molecule has 4 aliphatic carbocycles. The predicted molar refractivity (Wildman–Crippen MR) is 240 cm³/mol. The summed E-state index contributed by atoms with van der Waals surface area (Å²) in [5.74, 6) is -0.254. The molecule has 3 aliphatic heterocycles. The summed E-state index contributed by atoms with van der Waals surface area (Å²) in [4.78, 5) is 66.0. The Morgan fingerprint density at radius 3 is 2.47 bits per heavy atom. The van der Waals surface area contributed by atoms with Crippen LogP contribution in [0, 0.1) is 23.2 Å². The van der Waals surface area contributed by atoms with E-state index >= 15 is 0 Å². The van der Waals surface area contributed by atoms with Crippen LogP contribution in [0.15, 0.2) is 36.9 Å². The number of sulfonamides is 1. The zero-order valence-corrected chi connectivity index (χ0v) is 38.7. The summed E-state index contributed by atoms with van der Waals surface area (Å²) >= 11 is 0. The fourth-order valence-electron chi connectivity index (χ4n) is 10.0. The molecule has 7 aliphatic rings. The molecule has 6 fully saturated rings. The number of likely N-dealkylation sites (tertiary alicyclic amines) is 1. The molecule has 348 valence electrons. The van der Waals surface area contributed by atoms with Gasteiger partial charge in [-0.1, -0.05) is 51.8 Å². The smallest absolute Gasteiger partial charge is 0.408 e. The third kappa shape index (κ3) is 9.32. The van der Waals surface area contributed by atoms with Crippen LogP contribution in [0.4, 0.5) is 4.79 Å². The Morgan fingerprint density at radius 2 is 1.78 bits per heavy atom. The van der Waals surface area contributed by atoms with E-state index in [1.807, 2.05) is 45.0 Å². The third-order valence-corrected chi connectivity index (χ3v) is 17.1. The van der Waals surface area contributed by atoms with Crippen LogP contribution in [0.1, 0.15) is 117 Å². The van der Waals surface area contributed by atoms with Crippen molar-refractivity contribution in [1.82, 2.24) is 30.1 Å². The Labute approximate surface area is 377 Å². The topological polar surface area (TPSA) is 186 Å². The van der Waals surface area contributed by atoms with E-state index in [0.717, 1.165) is 87.2 Å². The first-order valence-electron chi connectivity index (χ1n) is 23.7. The number of hydrogen-bond acceptors (Lipinski definition) is 11. The maximum atomic E-state index is 14.9. The molecule has 7 atom stereocenters. The number of rotatable bonds is 10. The lowest BCUT2D eigenvalue weighted by atomic mass is 9.85. The molecule has 0 radical (unpaired) electrons. The van der Waals surface area contributed by atoms with Gasteiger partial charge in [0.25, 0.3) is 5.91 Å². The van der Waals surface area contributed by atoms with Crippen LogP contribution in [0.2, 0.25) is 0 Å². The Bertz CT molecular complexity index is 2280. The van der Waals surface area contributed by atoms with Crippen LogP contribution < -0.4 is 24.8 Å². The number of carbonyl (C=O) groups is 4. The summed E-state index contributed by atoms with van der Waals surface area (Å²) in [6.07, 6.45) is 10.6. The highest BCUT2D eigenvalue weighted by Crippen LogP contribution is 2.48. The molecule has 2 aromatic rings. The molecule has 4 saturated carbocycles. The van der Waals surface area contributed by atoms with Crippen molar-refractivity contribution in [3.05, 3.63) is 42.5 Å². The van der Waals surface area contributed by atoms with Crippen molar-refractivity contribution in [3.63, 3.8) is 0 Å². The van der Waals surface area contributed by atoms with Gasteiger partial charge in [-0.05, 0) is 107 Å². The maximum Gasteiger partial charge on any atom is 0.408 e. The number of benzene rings is 1. The fourth-order valence-corrected chi connectivity index (χ4v) is 11.3. The number of carbonyl (C=O) groups excluding carboxylic acids is 4. The molecule has 2 bridgehead atoms. The van der Waals surface area contributed by atoms with Gasteiger partial charge in [0.2, 0.25) is 27.7 Å². The average molecular weight is 903 g/mol. The number of fused-ring (bicyclic) bond motifs is 5. The lowest BCUT2D eigenvalue weighted by Gasteiger charge is -2.35. The van der Waals surface area contributed by atoms with Crippen molar-refractivity contribution >= 4 is 44.7 Å². The standard InChI is InChI=1S/C48H66N6O9S/c1-6-31-26-48(31,44(57)52-64(59,60)47(5)20-21-47)51-41(55)37-25-33-28-54(37)43(56)40(46(2,3)4)50-45(58)63-38-24-30(38)12-8-7-9-14-35-39(34-13-10-11-15-36(34)49-42(35)62-33)61-32-18-22-53(23-19-32)27-29-16-17-29/h6,10-11,13,15,29-33,37-38,40H,1,7-9,12,14,16-28H2,2-5H3,(H,50,58)(H,51,55)(H,52,57)/t30-,31+,33-,37+,38-,40-,48-/m1/s1. The van der Waals surface area contributed by atoms with E-state index in [9.17, 15) is 27.6 Å². The second kappa shape index (κ2) is 17.1. The number of para-hydroxylation sites is 1. The zero-order valence-electron chi connectivity index (χ0n) is 37.9. The number of piperidine rings is 1. The Morgan fingerprint density at radius 1 is 1.03 bits per heavy atom. The van der Waals surface area contributed by atoms with Gasteiger partial charge in [0.1, 0.15) is 41.7 Å². The second-order valence-electron chi connectivity index (χ2n) is 21.2. The monoisotopic (exact) mass is 902 g/mol. The van der Waals surface area contributed by atoms with Crippen molar-refractivity contribution in [2.75, 3.05) is 26.2 Å². The largest absolute Gasteiger partial charge is 0.489 e. The summed E-state index contributed by atoms with van der Waals surface area (Å²) < 4.78 is 47.4. The molecule has 0 spiro atoms. The molecule has 64 heavy (non-hydrogen) atoms. The van der Waals surface area contributed by atoms with Crippen LogP contribution in [-0.4, -0.2) is 114 Å². The van der Waals surface area contributed by atoms with E-state index in [4.69, 9.17) is 19.2 Å². The number of ether oxygens (including phenoxy) is 3. The number of nitrogens with one attached hydrogen (secondary N) is 3. The van der Waals surface area contributed by atoms with Crippen LogP contribution in [0.5, 0.6) is 11.6 Å². The quantitative estimate of drug-likeness (QED) is 0.255. The van der Waals surface area contributed by atoms with E-state index in [2.05, 4.69) is 26.8 Å². The molecule has 9 rings (SSSR count). The maximum absolute atomic E-state index is 14.9. The van der Waals surface area contributed by atoms with Crippen molar-refractivity contribution in [2.45, 2.75) is 158 Å². The lowest BCUT2D eigenvalue weighted by molar-refractivity contribution is -0.142. The highest BCUT2D eigenvalue weighted by Gasteiger charge is 2.63. The number of amides is 4. The summed E-state index contributed by atoms with van der Waals surface area (Å²) in [5, 5.41) is 6.65. The third-order valence-electron chi connectivity index (χ3n) is 14.9. The number of pyridine rings is 1. The minimum atomic E-state index is -4.01. The van der Waals surface area contributed by atoms with Crippen LogP contribution in [0.25, 0.3) is 10.9 Å². The number of hydrogen-bond donors (Lipinski definition) is 3. The van der Waals surface area contributed by atoms with Gasteiger partial charge in [-0.15, -0.1) is 6.58 Å². The number of nitrogens with zero attached hydrogens (tertiary/aromatic N) is 3. The van der Waals surface area contributed by atoms with Crippen molar-refractivity contribution in [1.29, 1.82) is 0 Å². The molecule has 3 N–H and O–H groups in total. The highest BCUT2D eigenvalue weighted by atomic mass is 32.2. The summed E-state index contributed by atoms with van der Waals surface area (Å²) in [6, 6.07) is 5.69. The second-order valence-corrected chi connectivity index (χ2v) is 23.4. The molecule has 2 saturated heterocycles. The van der Waals surface area contributed by atoms with Crippen molar-refractivity contribution in [3.8, 4) is 11.6 Å². The Kier molecular flexibility index (Phi) is 11.9. The summed E-state index contributed by atoms with van der Waals surface area (Å²) in [7, 11) is -4.01. The molecular weight excluding hydrogens is 837 g/mol. The van der Waals surface area contributed by atoms with E-state index < -0.39 is 73.6 Å². The van der Waals surface area contributed by atoms with E-state index in [-0.39, 0.29) is 37.5 Å². The van der Waals surface area contributed by atoms with E-state index in [0.29, 0.717) is 30.7 Å². The van der Waals surface area contributed by atoms with Crippen molar-refractivity contribution in [2.24, 2.45) is 23.2 Å². The molecule has 16 heteroatoms. The Hall–Kier alpha value is -4.44. The van der Waals surface area contributed by atoms with E-state index in [1.165, 1.54) is 23.8 Å². The minimum absolute atomic E-state index is 0.0225. The van der Waals surface area contributed by atoms with Gasteiger partial charge >= 0.3 is 6.09 Å². The summed E-state index contributed by atoms with van der Waals surface area (Å²) in [5.41, 5.74) is -0.790. The predicted octanol–water partition coefficient (Wildman–Crippen LogP) is 5.54. The van der Waals surface area contributed by atoms with Crippen LogP contribution >= 0.6 is 0 Å². The number of aromatic nitrogens is 1. The molecule has 4 amide bonds. The molecule has 0 unspecified atom stereocenters. The van der Waals surface area contributed by atoms with Crippen LogP contribution in [0.3, 0.4) is 0 Å². The SMILES string of the molecule is C=C[C@H]1C[C@]1(NC(=O)[C@@H]1C[C@@H]2CN1C(=O)[C@H](C(C)(C)C)NC(=O)O[C@@H]1C[C@H]1CCCCCc1c(nc3ccccc3c1OC1CCN(CC3CC3)CC1)O2)C(=O)NS(=O)(=O)C1(C)CC1. The molecule has 4 heterocycles. The average Bonchev–Trinajstić information content (AvgIpc) is 4.09. The Balaban J connectivity index is 1.04. The fraction of sp³-hybridized carbons (Fsp3) is 0.688. The molecule has 1 aromatic heterocycles. The van der Waals surface area contributed by atoms with Crippen molar-refractivity contribution < 1.29 is 41.8 Å². The zero-order chi connectivity index (χ0) is 45.2. The van der Waals surface area contributed by atoms with Gasteiger partial charge in [0.05, 0.1) is 22.4 Å². The van der Waals surface area contributed by atoms with Gasteiger partial charge < -0.3 is 34.6 Å². The molecule has 1 aromatic carbocycles. The van der Waals surface area contributed by atoms with Crippen LogP contribution in [-0.2, 0) is 35.6 Å². The molecule has 15 nitrogen and oxygen atoms in total. The minimum Gasteiger partial charge on any atom is -0.489 e. The number of alkyl carbamates (subject to hydrolysis) is 1. The first kappa shape index (κ1) is 44.7. The molecular formula is C48H66N6O9S. The van der Waals surface area contributed by atoms with Gasteiger partial charge in [0, 0.05) is 37.4 Å². The van der Waals surface area contributed by atoms with Gasteiger partial charge in [0.15, 0.2) is 0 Å². The van der Waals surface area contributed by atoms with E-state index in [1.54, 1.807) is 6.92 Å². The lowest BCUT2D eigenvalue weighted by Crippen LogP contribution is -2.60. The first-order valence-corrected chi connectivity index (χ1v) is 25.2. The van der Waals surface area contributed by atoms with Gasteiger partial charge in [-0.25, -0.2) is 18.2 Å². The summed E-state index contributed by atoms with van der Waals surface area (Å²) in [6.45, 7) is 14.1. The highest BCUT2D eigenvalue weighted by molar-refractivity contribution is 7.91. The van der Waals surface area contributed by atoms with Gasteiger partial charge in [-0.2, -0.15) is 0 Å². The van der Waals surface area contributed by atoms with Gasteiger partial charge in [-0.3, -0.25) is 19.1 Å². The first-order chi connectivity index (χ1) is 30.5. The normalized spacial score (nSPS) is 31.2.